The first-order valence-corrected chi connectivity index (χ1v) is 21.9. The SMILES string of the molecule is c1ccc(-c2ccc(N(c3ccc(-c4ccccc4)cc3)c3ccc(-c4cccc5c4-c4cc6c(cc4C54c5ccccc5-c5ccccc54)Oc4ccccc4O6)cc3)cc2)cc1. The van der Waals surface area contributed by atoms with Crippen LogP contribution in [0.25, 0.3) is 55.6 Å². The quantitative estimate of drug-likeness (QED) is 0.167. The predicted molar refractivity (Wildman–Crippen MR) is 260 cm³/mol. The molecule has 3 aliphatic rings. The Bertz CT molecular complexity index is 3280. The second-order valence-electron chi connectivity index (χ2n) is 16.8. The van der Waals surface area contributed by atoms with E-state index in [4.69, 9.17) is 9.47 Å². The number of para-hydroxylation sites is 2. The summed E-state index contributed by atoms with van der Waals surface area (Å²) in [5.41, 5.74) is 19.7. The number of anilines is 3. The first-order chi connectivity index (χ1) is 31.7. The Labute approximate surface area is 372 Å². The molecule has 10 aromatic rings. The van der Waals surface area contributed by atoms with E-state index in [1.165, 1.54) is 66.8 Å². The minimum Gasteiger partial charge on any atom is -0.450 e. The Morgan fingerprint density at radius 1 is 0.266 bits per heavy atom. The van der Waals surface area contributed by atoms with Gasteiger partial charge in [-0.15, -0.1) is 0 Å². The molecule has 10 aromatic carbocycles. The van der Waals surface area contributed by atoms with Crippen LogP contribution >= 0.6 is 0 Å². The van der Waals surface area contributed by atoms with E-state index in [9.17, 15) is 0 Å². The molecule has 0 unspecified atom stereocenters. The van der Waals surface area contributed by atoms with Crippen molar-refractivity contribution in [2.24, 2.45) is 0 Å². The molecule has 64 heavy (non-hydrogen) atoms. The van der Waals surface area contributed by atoms with Gasteiger partial charge in [0.25, 0.3) is 0 Å². The van der Waals surface area contributed by atoms with Crippen LogP contribution in [0.1, 0.15) is 22.3 Å². The van der Waals surface area contributed by atoms with Gasteiger partial charge in [-0.1, -0.05) is 176 Å². The minimum atomic E-state index is -0.544. The molecular formula is C61H39NO2. The zero-order chi connectivity index (χ0) is 42.2. The van der Waals surface area contributed by atoms with Crippen LogP contribution in [0.5, 0.6) is 23.0 Å². The van der Waals surface area contributed by atoms with Crippen LogP contribution in [0.15, 0.2) is 237 Å². The van der Waals surface area contributed by atoms with Gasteiger partial charge in [-0.25, -0.2) is 0 Å². The van der Waals surface area contributed by atoms with Crippen molar-refractivity contribution in [3.63, 3.8) is 0 Å². The Morgan fingerprint density at radius 2 is 0.672 bits per heavy atom. The first kappa shape index (κ1) is 36.3. The lowest BCUT2D eigenvalue weighted by atomic mass is 9.70. The van der Waals surface area contributed by atoms with Gasteiger partial charge in [0.1, 0.15) is 0 Å². The Kier molecular flexibility index (Phi) is 8.13. The first-order valence-electron chi connectivity index (χ1n) is 21.9. The fraction of sp³-hybridized carbons (Fsp3) is 0.0164. The molecule has 0 amide bonds. The van der Waals surface area contributed by atoms with Crippen molar-refractivity contribution in [2.75, 3.05) is 4.90 Å². The lowest BCUT2D eigenvalue weighted by molar-refractivity contribution is 0.359. The molecule has 3 nitrogen and oxygen atoms in total. The van der Waals surface area contributed by atoms with Crippen molar-refractivity contribution in [1.29, 1.82) is 0 Å². The van der Waals surface area contributed by atoms with Crippen LogP contribution in [0, 0.1) is 0 Å². The van der Waals surface area contributed by atoms with Gasteiger partial charge in [-0.3, -0.25) is 0 Å². The molecule has 0 bridgehead atoms. The fourth-order valence-electron chi connectivity index (χ4n) is 10.6. The monoisotopic (exact) mass is 817 g/mol. The number of hydrogen-bond donors (Lipinski definition) is 0. The van der Waals surface area contributed by atoms with Gasteiger partial charge in [-0.2, -0.15) is 0 Å². The maximum atomic E-state index is 6.63. The van der Waals surface area contributed by atoms with Crippen molar-refractivity contribution in [3.8, 4) is 78.6 Å². The van der Waals surface area contributed by atoms with E-state index < -0.39 is 5.41 Å². The van der Waals surface area contributed by atoms with E-state index in [2.05, 4.69) is 217 Å². The molecule has 3 heteroatoms. The molecule has 2 aliphatic carbocycles. The van der Waals surface area contributed by atoms with Crippen LogP contribution in [0.3, 0.4) is 0 Å². The topological polar surface area (TPSA) is 21.7 Å². The lowest BCUT2D eigenvalue weighted by Gasteiger charge is -2.31. The molecule has 0 saturated heterocycles. The maximum Gasteiger partial charge on any atom is 0.170 e. The molecular weight excluding hydrogens is 779 g/mol. The van der Waals surface area contributed by atoms with Gasteiger partial charge >= 0.3 is 0 Å². The molecule has 0 saturated carbocycles. The van der Waals surface area contributed by atoms with E-state index in [1.54, 1.807) is 0 Å². The summed E-state index contributed by atoms with van der Waals surface area (Å²) in [7, 11) is 0. The van der Waals surface area contributed by atoms with E-state index in [-0.39, 0.29) is 0 Å². The second kappa shape index (κ2) is 14.3. The Morgan fingerprint density at radius 3 is 1.20 bits per heavy atom. The summed E-state index contributed by atoms with van der Waals surface area (Å²) in [4.78, 5) is 2.35. The van der Waals surface area contributed by atoms with Crippen molar-refractivity contribution < 1.29 is 9.47 Å². The number of nitrogens with zero attached hydrogens (tertiary/aromatic N) is 1. The van der Waals surface area contributed by atoms with E-state index in [0.29, 0.717) is 0 Å². The highest BCUT2D eigenvalue weighted by Crippen LogP contribution is 2.66. The summed E-state index contributed by atoms with van der Waals surface area (Å²) >= 11 is 0. The number of benzene rings is 10. The van der Waals surface area contributed by atoms with Gasteiger partial charge < -0.3 is 14.4 Å². The summed E-state index contributed by atoms with van der Waals surface area (Å²) in [6, 6.07) is 85.0. The zero-order valence-electron chi connectivity index (χ0n) is 34.8. The highest BCUT2D eigenvalue weighted by Gasteiger charge is 2.53. The van der Waals surface area contributed by atoms with Crippen molar-refractivity contribution in [3.05, 3.63) is 259 Å². The van der Waals surface area contributed by atoms with E-state index in [0.717, 1.165) is 51.2 Å². The summed E-state index contributed by atoms with van der Waals surface area (Å²) in [6.07, 6.45) is 0. The second-order valence-corrected chi connectivity index (χ2v) is 16.8. The Hall–Kier alpha value is -8.40. The number of hydrogen-bond acceptors (Lipinski definition) is 3. The average molecular weight is 818 g/mol. The normalized spacial score (nSPS) is 13.1. The standard InChI is InChI=1S/C61H39NO2/c1-3-14-40(15-4-1)42-26-32-45(33-27-42)62(46-34-28-43(29-35-46)41-16-5-2-6-17-41)47-36-30-44(31-37-47)48-20-13-23-54-60(48)51-38-58-59(64-57-25-12-11-24-56(57)63-58)39-55(51)61(54)52-21-9-7-18-49(52)50-19-8-10-22-53(50)61/h1-39H. The highest BCUT2D eigenvalue weighted by atomic mass is 16.6. The van der Waals surface area contributed by atoms with Gasteiger partial charge in [0.15, 0.2) is 23.0 Å². The molecule has 0 atom stereocenters. The predicted octanol–water partition coefficient (Wildman–Crippen LogP) is 16.4. The van der Waals surface area contributed by atoms with Gasteiger partial charge in [-0.05, 0) is 139 Å². The third kappa shape index (κ3) is 5.47. The zero-order valence-corrected chi connectivity index (χ0v) is 34.8. The maximum absolute atomic E-state index is 6.63. The number of ether oxygens (including phenoxy) is 2. The smallest absolute Gasteiger partial charge is 0.170 e. The molecule has 0 aromatic heterocycles. The van der Waals surface area contributed by atoms with Crippen LogP contribution in [-0.4, -0.2) is 0 Å². The van der Waals surface area contributed by atoms with Crippen LogP contribution in [-0.2, 0) is 5.41 Å². The number of rotatable bonds is 6. The summed E-state index contributed by atoms with van der Waals surface area (Å²) in [6.45, 7) is 0. The average Bonchev–Trinajstić information content (AvgIpc) is 3.83. The van der Waals surface area contributed by atoms with Gasteiger partial charge in [0, 0.05) is 17.1 Å². The summed E-state index contributed by atoms with van der Waals surface area (Å²) in [5, 5.41) is 0. The van der Waals surface area contributed by atoms with Gasteiger partial charge in [0.2, 0.25) is 0 Å². The molecule has 1 aliphatic heterocycles. The Balaban J connectivity index is 0.964. The van der Waals surface area contributed by atoms with E-state index >= 15 is 0 Å². The fourth-order valence-corrected chi connectivity index (χ4v) is 10.6. The van der Waals surface area contributed by atoms with Crippen molar-refractivity contribution in [2.45, 2.75) is 5.41 Å². The molecule has 1 heterocycles. The molecule has 1 spiro atoms. The molecule has 13 rings (SSSR count). The van der Waals surface area contributed by atoms with Crippen molar-refractivity contribution in [1.82, 2.24) is 0 Å². The third-order valence-corrected chi connectivity index (χ3v) is 13.4. The van der Waals surface area contributed by atoms with Crippen LogP contribution in [0.4, 0.5) is 17.1 Å². The molecule has 300 valence electrons. The van der Waals surface area contributed by atoms with Crippen molar-refractivity contribution >= 4 is 17.1 Å². The molecule has 0 N–H and O–H groups in total. The minimum absolute atomic E-state index is 0.544. The largest absolute Gasteiger partial charge is 0.450 e. The molecule has 0 fully saturated rings. The van der Waals surface area contributed by atoms with Gasteiger partial charge in [0.05, 0.1) is 5.41 Å². The van der Waals surface area contributed by atoms with E-state index in [1.807, 2.05) is 24.3 Å². The highest BCUT2D eigenvalue weighted by molar-refractivity contribution is 6.01. The van der Waals surface area contributed by atoms with Crippen LogP contribution < -0.4 is 14.4 Å². The number of fused-ring (bicyclic) bond motifs is 12. The lowest BCUT2D eigenvalue weighted by Crippen LogP contribution is -2.26. The summed E-state index contributed by atoms with van der Waals surface area (Å²) in [5.74, 6) is 2.89. The molecule has 0 radical (unpaired) electrons. The third-order valence-electron chi connectivity index (χ3n) is 13.4. The van der Waals surface area contributed by atoms with Crippen LogP contribution in [0.2, 0.25) is 0 Å². The summed E-state index contributed by atoms with van der Waals surface area (Å²) < 4.78 is 13.2.